The molecule has 1 rings (SSSR count). The first-order chi connectivity index (χ1) is 8.95. The highest BCUT2D eigenvalue weighted by Gasteiger charge is 2.24. The highest BCUT2D eigenvalue weighted by Crippen LogP contribution is 2.19. The van der Waals surface area contributed by atoms with Crippen molar-refractivity contribution in [1.29, 1.82) is 0 Å². The lowest BCUT2D eigenvalue weighted by molar-refractivity contribution is -0.138. The molecule has 2 unspecified atom stereocenters. The zero-order chi connectivity index (χ0) is 14.4. The van der Waals surface area contributed by atoms with Gasteiger partial charge in [0.25, 0.3) is 0 Å². The van der Waals surface area contributed by atoms with E-state index in [4.69, 9.17) is 4.74 Å². The number of carbonyl (C=O) groups excluding carboxylic acids is 2. The number of ether oxygens (including phenoxy) is 1. The maximum atomic E-state index is 11.8. The van der Waals surface area contributed by atoms with Gasteiger partial charge in [-0.25, -0.2) is 9.59 Å². The molecule has 0 aromatic rings. The molecule has 0 aromatic heterocycles. The topological polar surface area (TPSA) is 87.7 Å². The van der Waals surface area contributed by atoms with E-state index in [0.29, 0.717) is 23.6 Å². The Morgan fingerprint density at radius 2 is 2.21 bits per heavy atom. The Morgan fingerprint density at radius 3 is 2.79 bits per heavy atom. The maximum absolute atomic E-state index is 11.8. The molecule has 0 saturated heterocycles. The van der Waals surface area contributed by atoms with E-state index >= 15 is 0 Å². The first-order valence-electron chi connectivity index (χ1n) is 6.19. The van der Waals surface area contributed by atoms with Crippen LogP contribution in [0.5, 0.6) is 0 Å². The molecule has 1 aliphatic heterocycles. The number of amides is 2. The second-order valence-electron chi connectivity index (χ2n) is 4.24. The standard InChI is InChI=1S/C12H20N2O4S/c1-4-18-11(16)9-5-13-12(17)14-10(9)6-19-8(3)7(2)15/h7-8,15H,4-6H2,1-3H3,(H2,13,14,17). The lowest BCUT2D eigenvalue weighted by atomic mass is 10.2. The minimum Gasteiger partial charge on any atom is -0.463 e. The first kappa shape index (κ1) is 15.8. The van der Waals surface area contributed by atoms with Crippen molar-refractivity contribution in [2.24, 2.45) is 0 Å². The average molecular weight is 288 g/mol. The van der Waals surface area contributed by atoms with Crippen LogP contribution in [0.1, 0.15) is 20.8 Å². The molecule has 2 atom stereocenters. The number of hydrogen-bond donors (Lipinski definition) is 3. The van der Waals surface area contributed by atoms with Gasteiger partial charge in [-0.2, -0.15) is 0 Å². The van der Waals surface area contributed by atoms with Gasteiger partial charge in [0.05, 0.1) is 24.8 Å². The van der Waals surface area contributed by atoms with Crippen LogP contribution in [-0.4, -0.2) is 47.4 Å². The summed E-state index contributed by atoms with van der Waals surface area (Å²) in [6.45, 7) is 5.80. The van der Waals surface area contributed by atoms with Crippen molar-refractivity contribution >= 4 is 23.8 Å². The van der Waals surface area contributed by atoms with E-state index in [0.717, 1.165) is 0 Å². The van der Waals surface area contributed by atoms with E-state index in [1.54, 1.807) is 13.8 Å². The molecule has 0 fully saturated rings. The van der Waals surface area contributed by atoms with Crippen molar-refractivity contribution in [3.05, 3.63) is 11.3 Å². The average Bonchev–Trinajstić information content (AvgIpc) is 2.36. The monoisotopic (exact) mass is 288 g/mol. The van der Waals surface area contributed by atoms with Gasteiger partial charge in [0.1, 0.15) is 0 Å². The molecule has 0 bridgehead atoms. The molecule has 0 spiro atoms. The summed E-state index contributed by atoms with van der Waals surface area (Å²) in [7, 11) is 0. The SMILES string of the molecule is CCOC(=O)C1=C(CSC(C)C(C)O)NC(=O)NC1. The summed E-state index contributed by atoms with van der Waals surface area (Å²) in [4.78, 5) is 23.1. The number of thioether (sulfide) groups is 1. The number of esters is 1. The summed E-state index contributed by atoms with van der Waals surface area (Å²) in [6, 6.07) is -0.326. The van der Waals surface area contributed by atoms with Crippen LogP contribution < -0.4 is 10.6 Å². The van der Waals surface area contributed by atoms with Gasteiger partial charge < -0.3 is 20.5 Å². The fraction of sp³-hybridized carbons (Fsp3) is 0.667. The molecule has 108 valence electrons. The van der Waals surface area contributed by atoms with Crippen molar-refractivity contribution in [3.8, 4) is 0 Å². The number of nitrogens with one attached hydrogen (secondary N) is 2. The lowest BCUT2D eigenvalue weighted by Gasteiger charge is -2.22. The minimum absolute atomic E-state index is 0.0164. The quantitative estimate of drug-likeness (QED) is 0.624. The predicted octanol–water partition coefficient (Wildman–Crippen LogP) is 0.619. The zero-order valence-corrected chi connectivity index (χ0v) is 12.2. The van der Waals surface area contributed by atoms with E-state index in [2.05, 4.69) is 10.6 Å². The van der Waals surface area contributed by atoms with Crippen LogP contribution in [0.3, 0.4) is 0 Å². The normalized spacial score (nSPS) is 18.4. The Morgan fingerprint density at radius 1 is 1.53 bits per heavy atom. The van der Waals surface area contributed by atoms with Crippen molar-refractivity contribution in [2.45, 2.75) is 32.1 Å². The third-order valence-electron chi connectivity index (χ3n) is 2.75. The molecule has 2 amide bonds. The summed E-state index contributed by atoms with van der Waals surface area (Å²) in [5.41, 5.74) is 0.992. The van der Waals surface area contributed by atoms with Gasteiger partial charge in [0.2, 0.25) is 0 Å². The number of hydrogen-bond acceptors (Lipinski definition) is 5. The van der Waals surface area contributed by atoms with Crippen LogP contribution in [0.4, 0.5) is 4.79 Å². The third kappa shape index (κ3) is 4.76. The van der Waals surface area contributed by atoms with Gasteiger partial charge in [-0.15, -0.1) is 11.8 Å². The Hall–Kier alpha value is -1.21. The highest BCUT2D eigenvalue weighted by molar-refractivity contribution is 8.00. The van der Waals surface area contributed by atoms with Crippen LogP contribution >= 0.6 is 11.8 Å². The van der Waals surface area contributed by atoms with Crippen LogP contribution in [0.2, 0.25) is 0 Å². The van der Waals surface area contributed by atoms with Gasteiger partial charge in [0, 0.05) is 16.7 Å². The van der Waals surface area contributed by atoms with Crippen LogP contribution in [0.25, 0.3) is 0 Å². The third-order valence-corrected chi connectivity index (χ3v) is 4.12. The largest absolute Gasteiger partial charge is 0.463 e. The summed E-state index contributed by atoms with van der Waals surface area (Å²) >= 11 is 1.47. The second-order valence-corrected chi connectivity index (χ2v) is 5.61. The summed E-state index contributed by atoms with van der Waals surface area (Å²) in [5.74, 6) is 0.0310. The lowest BCUT2D eigenvalue weighted by Crippen LogP contribution is -2.44. The number of aliphatic hydroxyl groups is 1. The molecule has 0 aliphatic carbocycles. The molecule has 1 heterocycles. The number of rotatable bonds is 6. The summed E-state index contributed by atoms with van der Waals surface area (Å²) in [6.07, 6.45) is -0.450. The molecule has 0 aromatic carbocycles. The van der Waals surface area contributed by atoms with E-state index in [9.17, 15) is 14.7 Å². The van der Waals surface area contributed by atoms with Crippen molar-refractivity contribution in [2.75, 3.05) is 18.9 Å². The van der Waals surface area contributed by atoms with Gasteiger partial charge in [0.15, 0.2) is 0 Å². The van der Waals surface area contributed by atoms with Crippen LogP contribution in [0, 0.1) is 0 Å². The number of urea groups is 1. The van der Waals surface area contributed by atoms with Gasteiger partial charge in [-0.1, -0.05) is 6.92 Å². The van der Waals surface area contributed by atoms with Gasteiger partial charge in [-0.05, 0) is 13.8 Å². The molecule has 6 nitrogen and oxygen atoms in total. The Bertz CT molecular complexity index is 382. The molecule has 7 heteroatoms. The molecule has 0 saturated carbocycles. The number of carbonyl (C=O) groups is 2. The predicted molar refractivity (Wildman–Crippen MR) is 73.8 cm³/mol. The smallest absolute Gasteiger partial charge is 0.337 e. The van der Waals surface area contributed by atoms with Gasteiger partial charge in [-0.3, -0.25) is 0 Å². The van der Waals surface area contributed by atoms with Crippen LogP contribution in [-0.2, 0) is 9.53 Å². The van der Waals surface area contributed by atoms with Crippen molar-refractivity contribution in [1.82, 2.24) is 10.6 Å². The Balaban J connectivity index is 2.75. The maximum Gasteiger partial charge on any atom is 0.337 e. The zero-order valence-electron chi connectivity index (χ0n) is 11.4. The van der Waals surface area contributed by atoms with Crippen molar-refractivity contribution < 1.29 is 19.4 Å². The van der Waals surface area contributed by atoms with E-state index < -0.39 is 12.1 Å². The summed E-state index contributed by atoms with van der Waals surface area (Å²) < 4.78 is 4.95. The minimum atomic E-state index is -0.450. The molecular formula is C12H20N2O4S. The van der Waals surface area contributed by atoms with E-state index in [1.165, 1.54) is 11.8 Å². The van der Waals surface area contributed by atoms with Gasteiger partial charge >= 0.3 is 12.0 Å². The van der Waals surface area contributed by atoms with E-state index in [1.807, 2.05) is 6.92 Å². The van der Waals surface area contributed by atoms with Crippen LogP contribution in [0.15, 0.2) is 11.3 Å². The Labute approximate surface area is 117 Å². The molecule has 0 radical (unpaired) electrons. The fourth-order valence-electron chi connectivity index (χ4n) is 1.42. The van der Waals surface area contributed by atoms with Crippen molar-refractivity contribution in [3.63, 3.8) is 0 Å². The fourth-order valence-corrected chi connectivity index (χ4v) is 2.38. The molecular weight excluding hydrogens is 268 g/mol. The number of aliphatic hydroxyl groups excluding tert-OH is 1. The van der Waals surface area contributed by atoms with E-state index in [-0.39, 0.29) is 17.8 Å². The highest BCUT2D eigenvalue weighted by atomic mass is 32.2. The summed E-state index contributed by atoms with van der Waals surface area (Å²) in [5, 5.41) is 14.6. The molecule has 3 N–H and O–H groups in total. The Kier molecular flexibility index (Phi) is 6.17. The first-order valence-corrected chi connectivity index (χ1v) is 7.24. The second kappa shape index (κ2) is 7.40. The molecule has 1 aliphatic rings. The molecule has 19 heavy (non-hydrogen) atoms.